The highest BCUT2D eigenvalue weighted by Crippen LogP contribution is 2.31. The third-order valence-electron chi connectivity index (χ3n) is 3.08. The molecular weight excluding hydrogens is 286 g/mol. The maximum Gasteiger partial charge on any atom is 0.416 e. The summed E-state index contributed by atoms with van der Waals surface area (Å²) in [6.07, 6.45) is -4.42. The third-order valence-corrected chi connectivity index (χ3v) is 3.08. The molecule has 108 valence electrons. The molecule has 3 N–H and O–H groups in total. The molecule has 3 rings (SSSR count). The highest BCUT2D eigenvalue weighted by Gasteiger charge is 2.30. The molecule has 1 heterocycles. The van der Waals surface area contributed by atoms with Gasteiger partial charge < -0.3 is 10.7 Å². The van der Waals surface area contributed by atoms with Gasteiger partial charge in [-0.25, -0.2) is 9.37 Å². The number of imidazole rings is 1. The quantitative estimate of drug-likeness (QED) is 0.527. The van der Waals surface area contributed by atoms with Gasteiger partial charge in [-0.3, -0.25) is 0 Å². The van der Waals surface area contributed by atoms with Crippen LogP contribution >= 0.6 is 0 Å². The van der Waals surface area contributed by atoms with E-state index in [1.54, 1.807) is 6.07 Å². The second-order valence-electron chi connectivity index (χ2n) is 4.55. The van der Waals surface area contributed by atoms with Crippen molar-refractivity contribution < 1.29 is 17.6 Å². The van der Waals surface area contributed by atoms with Crippen molar-refractivity contribution in [2.24, 2.45) is 0 Å². The van der Waals surface area contributed by atoms with Gasteiger partial charge in [0, 0.05) is 5.56 Å². The highest BCUT2D eigenvalue weighted by atomic mass is 19.4. The first-order chi connectivity index (χ1) is 9.84. The van der Waals surface area contributed by atoms with E-state index in [9.17, 15) is 17.6 Å². The molecule has 0 aliphatic rings. The average Bonchev–Trinajstić information content (AvgIpc) is 2.83. The summed E-state index contributed by atoms with van der Waals surface area (Å²) in [4.78, 5) is 6.90. The fourth-order valence-electron chi connectivity index (χ4n) is 2.00. The highest BCUT2D eigenvalue weighted by molar-refractivity contribution is 5.80. The maximum absolute atomic E-state index is 13.4. The average molecular weight is 295 g/mol. The number of nitrogen functional groups attached to an aromatic ring is 1. The van der Waals surface area contributed by atoms with Gasteiger partial charge in [-0.1, -0.05) is 0 Å². The molecule has 0 radical (unpaired) electrons. The summed E-state index contributed by atoms with van der Waals surface area (Å²) >= 11 is 0. The molecule has 0 amide bonds. The lowest BCUT2D eigenvalue weighted by Gasteiger charge is -2.05. The molecule has 0 spiro atoms. The Hall–Kier alpha value is -2.57. The molecule has 0 aliphatic heterocycles. The van der Waals surface area contributed by atoms with Crippen molar-refractivity contribution in [3.05, 3.63) is 47.8 Å². The smallest absolute Gasteiger partial charge is 0.396 e. The van der Waals surface area contributed by atoms with Crippen molar-refractivity contribution in [2.75, 3.05) is 5.73 Å². The van der Waals surface area contributed by atoms with Crippen molar-refractivity contribution >= 4 is 16.7 Å². The Morgan fingerprint density at radius 2 is 1.81 bits per heavy atom. The minimum absolute atomic E-state index is 0.00535. The minimum Gasteiger partial charge on any atom is -0.396 e. The largest absolute Gasteiger partial charge is 0.416 e. The Kier molecular flexibility index (Phi) is 2.86. The number of H-pyrrole nitrogens is 1. The molecule has 0 bridgehead atoms. The molecule has 0 saturated carbocycles. The Labute approximate surface area is 116 Å². The Morgan fingerprint density at radius 3 is 2.48 bits per heavy atom. The van der Waals surface area contributed by atoms with E-state index in [-0.39, 0.29) is 17.0 Å². The lowest BCUT2D eigenvalue weighted by molar-refractivity contribution is -0.137. The Morgan fingerprint density at radius 1 is 1.05 bits per heavy atom. The fourth-order valence-corrected chi connectivity index (χ4v) is 2.00. The summed E-state index contributed by atoms with van der Waals surface area (Å²) < 4.78 is 51.4. The second-order valence-corrected chi connectivity index (χ2v) is 4.55. The minimum atomic E-state index is -4.42. The Bertz CT molecular complexity index is 821. The number of alkyl halides is 3. The molecule has 2 aromatic carbocycles. The number of nitrogens with two attached hydrogens (primary N) is 1. The van der Waals surface area contributed by atoms with E-state index in [2.05, 4.69) is 9.97 Å². The van der Waals surface area contributed by atoms with E-state index >= 15 is 0 Å². The van der Waals surface area contributed by atoms with Crippen molar-refractivity contribution in [1.29, 1.82) is 0 Å². The molecular formula is C14H9F4N3. The van der Waals surface area contributed by atoms with Gasteiger partial charge >= 0.3 is 6.18 Å². The first-order valence-corrected chi connectivity index (χ1v) is 5.97. The van der Waals surface area contributed by atoms with Crippen LogP contribution in [0.1, 0.15) is 5.56 Å². The maximum atomic E-state index is 13.4. The number of anilines is 1. The number of fused-ring (bicyclic) bond motifs is 1. The molecule has 21 heavy (non-hydrogen) atoms. The second kappa shape index (κ2) is 4.47. The normalized spacial score (nSPS) is 12.0. The molecule has 0 atom stereocenters. The van der Waals surface area contributed by atoms with Crippen molar-refractivity contribution in [3.63, 3.8) is 0 Å². The molecule has 0 fully saturated rings. The van der Waals surface area contributed by atoms with E-state index in [0.29, 0.717) is 11.1 Å². The van der Waals surface area contributed by atoms with Gasteiger partial charge in [0.15, 0.2) is 0 Å². The zero-order chi connectivity index (χ0) is 15.2. The van der Waals surface area contributed by atoms with Crippen LogP contribution < -0.4 is 5.73 Å². The summed E-state index contributed by atoms with van der Waals surface area (Å²) in [5.41, 5.74) is 5.62. The summed E-state index contributed by atoms with van der Waals surface area (Å²) in [5, 5.41) is 0. The first kappa shape index (κ1) is 13.4. The fraction of sp³-hybridized carbons (Fsp3) is 0.0714. The number of nitrogens with zero attached hydrogens (tertiary/aromatic N) is 1. The number of benzene rings is 2. The van der Waals surface area contributed by atoms with Crippen LogP contribution in [0.3, 0.4) is 0 Å². The molecule has 0 unspecified atom stereocenters. The molecule has 7 heteroatoms. The van der Waals surface area contributed by atoms with Crippen LogP contribution in [0.15, 0.2) is 36.4 Å². The molecule has 3 aromatic rings. The predicted octanol–water partition coefficient (Wildman–Crippen LogP) is 3.97. The van der Waals surface area contributed by atoms with Crippen molar-refractivity contribution in [3.8, 4) is 11.4 Å². The van der Waals surface area contributed by atoms with Gasteiger partial charge in [0.05, 0.1) is 22.3 Å². The molecule has 1 aromatic heterocycles. The zero-order valence-corrected chi connectivity index (χ0v) is 10.5. The van der Waals surface area contributed by atoms with E-state index in [0.717, 1.165) is 12.1 Å². The van der Waals surface area contributed by atoms with Gasteiger partial charge in [0.25, 0.3) is 0 Å². The number of halogens is 4. The molecule has 0 aliphatic carbocycles. The van der Waals surface area contributed by atoms with Crippen LogP contribution in [0.2, 0.25) is 0 Å². The summed E-state index contributed by atoms with van der Waals surface area (Å²) in [6.45, 7) is 0. The van der Waals surface area contributed by atoms with Crippen LogP contribution in [0.25, 0.3) is 22.4 Å². The van der Waals surface area contributed by atoms with Gasteiger partial charge in [0.1, 0.15) is 11.6 Å². The standard InChI is InChI=1S/C14H9F4N3/c15-9-5-7(1-3-10(9)19)13-20-11-4-2-8(14(16,17)18)6-12(11)21-13/h1-6H,19H2,(H,20,21). The predicted molar refractivity (Wildman–Crippen MR) is 70.9 cm³/mol. The van der Waals surface area contributed by atoms with E-state index in [1.807, 2.05) is 0 Å². The van der Waals surface area contributed by atoms with Gasteiger partial charge in [0.2, 0.25) is 0 Å². The van der Waals surface area contributed by atoms with Gasteiger partial charge in [-0.15, -0.1) is 0 Å². The van der Waals surface area contributed by atoms with Crippen LogP contribution in [-0.2, 0) is 6.18 Å². The number of hydrogen-bond donors (Lipinski definition) is 2. The Balaban J connectivity index is 2.10. The van der Waals surface area contributed by atoms with Crippen molar-refractivity contribution in [1.82, 2.24) is 9.97 Å². The summed E-state index contributed by atoms with van der Waals surface area (Å²) in [7, 11) is 0. The van der Waals surface area contributed by atoms with Gasteiger partial charge in [-0.2, -0.15) is 13.2 Å². The lowest BCUT2D eigenvalue weighted by atomic mass is 10.2. The number of rotatable bonds is 1. The van der Waals surface area contributed by atoms with Crippen LogP contribution in [0.4, 0.5) is 23.2 Å². The topological polar surface area (TPSA) is 54.7 Å². The van der Waals surface area contributed by atoms with E-state index < -0.39 is 17.6 Å². The first-order valence-electron chi connectivity index (χ1n) is 5.97. The van der Waals surface area contributed by atoms with Crippen LogP contribution in [-0.4, -0.2) is 9.97 Å². The van der Waals surface area contributed by atoms with Crippen LogP contribution in [0.5, 0.6) is 0 Å². The van der Waals surface area contributed by atoms with E-state index in [1.165, 1.54) is 18.2 Å². The number of aromatic amines is 1. The molecule has 3 nitrogen and oxygen atoms in total. The lowest BCUT2D eigenvalue weighted by Crippen LogP contribution is -2.04. The number of aromatic nitrogens is 2. The van der Waals surface area contributed by atoms with E-state index in [4.69, 9.17) is 5.73 Å². The van der Waals surface area contributed by atoms with Crippen LogP contribution in [0, 0.1) is 5.82 Å². The monoisotopic (exact) mass is 295 g/mol. The molecule has 0 saturated heterocycles. The summed E-state index contributed by atoms with van der Waals surface area (Å²) in [5.74, 6) is -0.327. The number of nitrogens with one attached hydrogen (secondary N) is 1. The number of hydrogen-bond acceptors (Lipinski definition) is 2. The van der Waals surface area contributed by atoms with Crippen molar-refractivity contribution in [2.45, 2.75) is 6.18 Å². The summed E-state index contributed by atoms with van der Waals surface area (Å²) in [6, 6.07) is 7.29. The third kappa shape index (κ3) is 2.42. The van der Waals surface area contributed by atoms with Gasteiger partial charge in [-0.05, 0) is 36.4 Å². The SMILES string of the molecule is Nc1ccc(-c2nc3ccc(C(F)(F)F)cc3[nH]2)cc1F. The zero-order valence-electron chi connectivity index (χ0n) is 10.5.